The van der Waals surface area contributed by atoms with Gasteiger partial charge in [0.25, 0.3) is 5.91 Å². The van der Waals surface area contributed by atoms with Crippen LogP contribution < -0.4 is 25.6 Å². The van der Waals surface area contributed by atoms with Crippen LogP contribution in [0.4, 0.5) is 24.5 Å². The lowest BCUT2D eigenvalue weighted by Gasteiger charge is -2.32. The smallest absolute Gasteiger partial charge is 0.490 e. The molecule has 2 aromatic rings. The largest absolute Gasteiger partial charge is 0.491 e. The third-order valence-corrected chi connectivity index (χ3v) is 5.40. The van der Waals surface area contributed by atoms with Crippen LogP contribution in [-0.4, -0.2) is 61.9 Å². The van der Waals surface area contributed by atoms with E-state index < -0.39 is 12.1 Å². The molecule has 1 saturated heterocycles. The monoisotopic (exact) mass is 538 g/mol. The lowest BCUT2D eigenvalue weighted by molar-refractivity contribution is -0.192. The lowest BCUT2D eigenvalue weighted by atomic mass is 10.1. The van der Waals surface area contributed by atoms with Crippen molar-refractivity contribution in [3.63, 3.8) is 0 Å². The standard InChI is InChI=1S/C24H32N4O3.C2HF3O2/c1-4-31-22-19(16-26-24(30)18-8-6-5-7-9-18)14-20(27-23(29)17(2)3)15-21(22)28-12-10-25-11-13-28;3-2(4,5)1(6)7/h5-9,14-15,17,25H,4,10-13,16H2,1-3H3,(H,26,30)(H,27,29);(H,6,7). The van der Waals surface area contributed by atoms with Crippen molar-refractivity contribution in [2.45, 2.75) is 33.5 Å². The second kappa shape index (κ2) is 14.2. The van der Waals surface area contributed by atoms with Gasteiger partial charge in [0.1, 0.15) is 5.75 Å². The number of amides is 2. The number of hydrogen-bond acceptors (Lipinski definition) is 6. The first-order valence-electron chi connectivity index (χ1n) is 12.1. The first-order chi connectivity index (χ1) is 17.9. The Bertz CT molecular complexity index is 1090. The number of piperazine rings is 1. The number of halogens is 3. The number of benzene rings is 2. The fraction of sp³-hybridized carbons (Fsp3) is 0.423. The van der Waals surface area contributed by atoms with Crippen LogP contribution in [0.15, 0.2) is 42.5 Å². The molecule has 2 aromatic carbocycles. The molecular weight excluding hydrogens is 505 g/mol. The number of alkyl halides is 3. The van der Waals surface area contributed by atoms with Crippen LogP contribution in [0.25, 0.3) is 0 Å². The van der Waals surface area contributed by atoms with E-state index in [-0.39, 0.29) is 17.7 Å². The molecule has 1 aliphatic rings. The minimum atomic E-state index is -5.08. The van der Waals surface area contributed by atoms with E-state index in [1.165, 1.54) is 0 Å². The number of carboxylic acids is 1. The van der Waals surface area contributed by atoms with Crippen molar-refractivity contribution in [2.24, 2.45) is 5.92 Å². The molecule has 9 nitrogen and oxygen atoms in total. The maximum absolute atomic E-state index is 12.6. The second-order valence-electron chi connectivity index (χ2n) is 8.65. The van der Waals surface area contributed by atoms with Gasteiger partial charge < -0.3 is 30.7 Å². The number of hydrogen-bond donors (Lipinski definition) is 4. The van der Waals surface area contributed by atoms with Gasteiger partial charge in [-0.25, -0.2) is 4.79 Å². The lowest BCUT2D eigenvalue weighted by Crippen LogP contribution is -2.43. The molecule has 0 spiro atoms. The number of nitrogens with zero attached hydrogens (tertiary/aromatic N) is 1. The molecule has 0 aliphatic carbocycles. The fourth-order valence-corrected chi connectivity index (χ4v) is 3.48. The van der Waals surface area contributed by atoms with E-state index in [1.54, 1.807) is 12.1 Å². The van der Waals surface area contributed by atoms with Gasteiger partial charge in [-0.15, -0.1) is 0 Å². The first kappa shape index (κ1) is 30.4. The van der Waals surface area contributed by atoms with E-state index >= 15 is 0 Å². The number of rotatable bonds is 8. The minimum absolute atomic E-state index is 0.0466. The maximum Gasteiger partial charge on any atom is 0.490 e. The summed E-state index contributed by atoms with van der Waals surface area (Å²) in [5.41, 5.74) is 3.08. The Morgan fingerprint density at radius 1 is 1.11 bits per heavy atom. The van der Waals surface area contributed by atoms with Crippen molar-refractivity contribution >= 4 is 29.2 Å². The molecule has 0 bridgehead atoms. The van der Waals surface area contributed by atoms with E-state index in [9.17, 15) is 22.8 Å². The molecular formula is C26H33F3N4O5. The minimum Gasteiger partial charge on any atom is -0.491 e. The molecule has 0 radical (unpaired) electrons. The van der Waals surface area contributed by atoms with Crippen LogP contribution in [0.3, 0.4) is 0 Å². The van der Waals surface area contributed by atoms with Crippen molar-refractivity contribution in [1.29, 1.82) is 0 Å². The third-order valence-electron chi connectivity index (χ3n) is 5.40. The number of anilines is 2. The molecule has 1 aliphatic heterocycles. The number of ether oxygens (including phenoxy) is 1. The average Bonchev–Trinajstić information content (AvgIpc) is 2.89. The Balaban J connectivity index is 0.000000638. The highest BCUT2D eigenvalue weighted by atomic mass is 19.4. The predicted molar refractivity (Wildman–Crippen MR) is 137 cm³/mol. The van der Waals surface area contributed by atoms with Gasteiger partial charge in [-0.05, 0) is 31.2 Å². The summed E-state index contributed by atoms with van der Waals surface area (Å²) in [6, 6.07) is 13.0. The Hall–Kier alpha value is -3.80. The number of aliphatic carboxylic acids is 1. The highest BCUT2D eigenvalue weighted by molar-refractivity contribution is 5.95. The number of carbonyl (C=O) groups excluding carboxylic acids is 2. The van der Waals surface area contributed by atoms with Crippen molar-refractivity contribution in [2.75, 3.05) is 43.0 Å². The van der Waals surface area contributed by atoms with E-state index in [0.717, 1.165) is 43.2 Å². The van der Waals surface area contributed by atoms with Crippen LogP contribution >= 0.6 is 0 Å². The third kappa shape index (κ3) is 9.25. The molecule has 3 rings (SSSR count). The van der Waals surface area contributed by atoms with E-state index in [4.69, 9.17) is 14.6 Å². The summed E-state index contributed by atoms with van der Waals surface area (Å²) in [6.07, 6.45) is -5.08. The topological polar surface area (TPSA) is 120 Å². The van der Waals surface area contributed by atoms with E-state index in [0.29, 0.717) is 24.4 Å². The van der Waals surface area contributed by atoms with E-state index in [1.807, 2.05) is 51.1 Å². The highest BCUT2D eigenvalue weighted by Gasteiger charge is 2.38. The van der Waals surface area contributed by atoms with Crippen LogP contribution in [-0.2, 0) is 16.1 Å². The van der Waals surface area contributed by atoms with Crippen LogP contribution in [0.2, 0.25) is 0 Å². The Morgan fingerprint density at radius 3 is 2.24 bits per heavy atom. The molecule has 0 saturated carbocycles. The number of nitrogens with one attached hydrogen (secondary N) is 3. The summed E-state index contributed by atoms with van der Waals surface area (Å²) in [5.74, 6) is -2.33. The normalized spacial score (nSPS) is 13.3. The second-order valence-corrected chi connectivity index (χ2v) is 8.65. The van der Waals surface area contributed by atoms with Gasteiger partial charge in [0.15, 0.2) is 0 Å². The molecule has 0 atom stereocenters. The summed E-state index contributed by atoms with van der Waals surface area (Å²) < 4.78 is 37.8. The predicted octanol–water partition coefficient (Wildman–Crippen LogP) is 3.65. The molecule has 0 aromatic heterocycles. The number of carbonyl (C=O) groups is 3. The van der Waals surface area contributed by atoms with Crippen molar-refractivity contribution in [3.05, 3.63) is 53.6 Å². The molecule has 38 heavy (non-hydrogen) atoms. The van der Waals surface area contributed by atoms with Gasteiger partial charge in [-0.1, -0.05) is 32.0 Å². The highest BCUT2D eigenvalue weighted by Crippen LogP contribution is 2.36. The molecule has 0 unspecified atom stereocenters. The SMILES string of the molecule is CCOc1c(CNC(=O)c2ccccc2)cc(NC(=O)C(C)C)cc1N1CCNCC1.O=C(O)C(F)(F)F. The molecule has 1 heterocycles. The van der Waals surface area contributed by atoms with Gasteiger partial charge in [-0.3, -0.25) is 9.59 Å². The fourth-order valence-electron chi connectivity index (χ4n) is 3.48. The summed E-state index contributed by atoms with van der Waals surface area (Å²) in [7, 11) is 0. The zero-order chi connectivity index (χ0) is 28.3. The average molecular weight is 539 g/mol. The summed E-state index contributed by atoms with van der Waals surface area (Å²) in [4.78, 5) is 36.1. The summed E-state index contributed by atoms with van der Waals surface area (Å²) in [5, 5.41) is 16.5. The van der Waals surface area contributed by atoms with Crippen molar-refractivity contribution in [3.8, 4) is 5.75 Å². The van der Waals surface area contributed by atoms with Crippen molar-refractivity contribution < 1.29 is 37.4 Å². The zero-order valence-corrected chi connectivity index (χ0v) is 21.5. The van der Waals surface area contributed by atoms with Gasteiger partial charge in [0, 0.05) is 55.5 Å². The van der Waals surface area contributed by atoms with Crippen molar-refractivity contribution in [1.82, 2.24) is 10.6 Å². The summed E-state index contributed by atoms with van der Waals surface area (Å²) >= 11 is 0. The quantitative estimate of drug-likeness (QED) is 0.405. The molecule has 1 fully saturated rings. The van der Waals surface area contributed by atoms with Crippen LogP contribution in [0, 0.1) is 5.92 Å². The molecule has 2 amide bonds. The van der Waals surface area contributed by atoms with Gasteiger partial charge in [-0.2, -0.15) is 13.2 Å². The Kier molecular flexibility index (Phi) is 11.4. The van der Waals surface area contributed by atoms with Crippen LogP contribution in [0.5, 0.6) is 5.75 Å². The van der Waals surface area contributed by atoms with Crippen LogP contribution in [0.1, 0.15) is 36.7 Å². The first-order valence-corrected chi connectivity index (χ1v) is 12.1. The van der Waals surface area contributed by atoms with Gasteiger partial charge in [0.05, 0.1) is 12.3 Å². The Labute approximate surface area is 219 Å². The molecule has 4 N–H and O–H groups in total. The Morgan fingerprint density at radius 2 is 1.71 bits per heavy atom. The zero-order valence-electron chi connectivity index (χ0n) is 21.5. The van der Waals surface area contributed by atoms with Gasteiger partial charge >= 0.3 is 12.1 Å². The maximum atomic E-state index is 12.6. The van der Waals surface area contributed by atoms with E-state index in [2.05, 4.69) is 20.9 Å². The number of carboxylic acid groups (broad SMARTS) is 1. The summed E-state index contributed by atoms with van der Waals surface area (Å²) in [6.45, 7) is 9.94. The van der Waals surface area contributed by atoms with Gasteiger partial charge in [0.2, 0.25) is 5.91 Å². The molecule has 12 heteroatoms. The molecule has 208 valence electrons.